The molecular formula is C15H24N2O4. The van der Waals surface area contributed by atoms with Crippen molar-refractivity contribution >= 4 is 6.09 Å². The van der Waals surface area contributed by atoms with Crippen LogP contribution < -0.4 is 20.5 Å². The molecular weight excluding hydrogens is 272 g/mol. The van der Waals surface area contributed by atoms with Crippen molar-refractivity contribution in [3.8, 4) is 11.5 Å². The fourth-order valence-electron chi connectivity index (χ4n) is 1.85. The Hall–Kier alpha value is -1.95. The van der Waals surface area contributed by atoms with Crippen LogP contribution in [0.15, 0.2) is 18.2 Å². The van der Waals surface area contributed by atoms with E-state index in [9.17, 15) is 4.79 Å². The van der Waals surface area contributed by atoms with Gasteiger partial charge in [0, 0.05) is 6.54 Å². The molecule has 0 aromatic heterocycles. The molecule has 0 bridgehead atoms. The summed E-state index contributed by atoms with van der Waals surface area (Å²) in [5, 5.41) is 2.64. The highest BCUT2D eigenvalue weighted by molar-refractivity contribution is 5.67. The summed E-state index contributed by atoms with van der Waals surface area (Å²) < 4.78 is 15.8. The molecule has 6 heteroatoms. The molecule has 21 heavy (non-hydrogen) atoms. The van der Waals surface area contributed by atoms with Gasteiger partial charge in [0.05, 0.1) is 25.8 Å². The number of alkyl carbamates (subject to hydrolysis) is 1. The maximum absolute atomic E-state index is 11.7. The molecule has 0 aliphatic carbocycles. The van der Waals surface area contributed by atoms with E-state index in [4.69, 9.17) is 19.9 Å². The average molecular weight is 296 g/mol. The summed E-state index contributed by atoms with van der Waals surface area (Å²) in [7, 11) is 3.12. The molecule has 1 atom stereocenters. The highest BCUT2D eigenvalue weighted by Crippen LogP contribution is 2.32. The Morgan fingerprint density at radius 3 is 2.19 bits per heavy atom. The summed E-state index contributed by atoms with van der Waals surface area (Å²) in [5.74, 6) is 1.24. The monoisotopic (exact) mass is 296 g/mol. The zero-order chi connectivity index (χ0) is 16.0. The maximum Gasteiger partial charge on any atom is 0.407 e. The van der Waals surface area contributed by atoms with Gasteiger partial charge in [-0.1, -0.05) is 6.07 Å². The third kappa shape index (κ3) is 5.15. The predicted molar refractivity (Wildman–Crippen MR) is 80.7 cm³/mol. The first-order chi connectivity index (χ1) is 9.78. The van der Waals surface area contributed by atoms with Crippen LogP contribution in [0, 0.1) is 0 Å². The molecule has 0 radical (unpaired) electrons. The smallest absolute Gasteiger partial charge is 0.407 e. The molecule has 0 aliphatic rings. The van der Waals surface area contributed by atoms with Gasteiger partial charge in [0.15, 0.2) is 0 Å². The van der Waals surface area contributed by atoms with Crippen LogP contribution in [0.3, 0.4) is 0 Å². The number of nitrogens with two attached hydrogens (primary N) is 1. The molecule has 0 spiro atoms. The minimum Gasteiger partial charge on any atom is -0.496 e. The molecule has 0 aliphatic heterocycles. The molecule has 3 N–H and O–H groups in total. The molecule has 118 valence electrons. The molecule has 1 aromatic rings. The van der Waals surface area contributed by atoms with Crippen molar-refractivity contribution in [2.45, 2.75) is 32.4 Å². The van der Waals surface area contributed by atoms with Gasteiger partial charge >= 0.3 is 6.09 Å². The Kier molecular flexibility index (Phi) is 5.84. The van der Waals surface area contributed by atoms with Gasteiger partial charge in [0.1, 0.15) is 17.1 Å². The van der Waals surface area contributed by atoms with Crippen LogP contribution >= 0.6 is 0 Å². The number of benzene rings is 1. The standard InChI is InChI=1S/C15H24N2O4/c1-15(2,3)21-14(18)17-9-10(16)13-11(19-4)7-6-8-12(13)20-5/h6-8,10H,9,16H2,1-5H3,(H,17,18)/t10-/m0/s1. The van der Waals surface area contributed by atoms with Crippen LogP contribution in [0.5, 0.6) is 11.5 Å². The lowest BCUT2D eigenvalue weighted by Crippen LogP contribution is -2.36. The highest BCUT2D eigenvalue weighted by atomic mass is 16.6. The third-order valence-electron chi connectivity index (χ3n) is 2.70. The number of methoxy groups -OCH3 is 2. The number of hydrogen-bond acceptors (Lipinski definition) is 5. The summed E-state index contributed by atoms with van der Waals surface area (Å²) in [5.41, 5.74) is 6.29. The topological polar surface area (TPSA) is 82.8 Å². The van der Waals surface area contributed by atoms with E-state index in [2.05, 4.69) is 5.32 Å². The van der Waals surface area contributed by atoms with Crippen LogP contribution in [0.4, 0.5) is 4.79 Å². The van der Waals surface area contributed by atoms with Crippen molar-refractivity contribution in [2.24, 2.45) is 5.73 Å². The first kappa shape index (κ1) is 17.1. The van der Waals surface area contributed by atoms with Crippen molar-refractivity contribution in [3.63, 3.8) is 0 Å². The van der Waals surface area contributed by atoms with E-state index in [1.165, 1.54) is 0 Å². The number of rotatable bonds is 5. The normalized spacial score (nSPS) is 12.5. The summed E-state index contributed by atoms with van der Waals surface area (Å²) in [6.45, 7) is 5.62. The highest BCUT2D eigenvalue weighted by Gasteiger charge is 2.20. The van der Waals surface area contributed by atoms with Crippen LogP contribution in [0.1, 0.15) is 32.4 Å². The Bertz CT molecular complexity index is 461. The molecule has 1 aromatic carbocycles. The largest absolute Gasteiger partial charge is 0.496 e. The Balaban J connectivity index is 2.76. The number of carbonyl (C=O) groups excluding carboxylic acids is 1. The first-order valence-electron chi connectivity index (χ1n) is 6.71. The van der Waals surface area contributed by atoms with Crippen LogP contribution in [-0.4, -0.2) is 32.5 Å². The maximum atomic E-state index is 11.7. The predicted octanol–water partition coefficient (Wildman–Crippen LogP) is 2.23. The summed E-state index contributed by atoms with van der Waals surface area (Å²) in [4.78, 5) is 11.7. The van der Waals surface area contributed by atoms with Gasteiger partial charge in [-0.25, -0.2) is 4.79 Å². The lowest BCUT2D eigenvalue weighted by Gasteiger charge is -2.22. The van der Waals surface area contributed by atoms with Crippen molar-refractivity contribution in [1.29, 1.82) is 0 Å². The van der Waals surface area contributed by atoms with Crippen molar-refractivity contribution in [2.75, 3.05) is 20.8 Å². The third-order valence-corrected chi connectivity index (χ3v) is 2.70. The van der Waals surface area contributed by atoms with Crippen molar-refractivity contribution < 1.29 is 19.0 Å². The van der Waals surface area contributed by atoms with E-state index in [1.807, 2.05) is 6.07 Å². The minimum atomic E-state index is -0.545. The second-order valence-corrected chi connectivity index (χ2v) is 5.57. The second kappa shape index (κ2) is 7.17. The quantitative estimate of drug-likeness (QED) is 0.870. The van der Waals surface area contributed by atoms with E-state index >= 15 is 0 Å². The first-order valence-corrected chi connectivity index (χ1v) is 6.71. The number of hydrogen-bond donors (Lipinski definition) is 2. The minimum absolute atomic E-state index is 0.214. The molecule has 0 heterocycles. The van der Waals surface area contributed by atoms with Gasteiger partial charge in [-0.3, -0.25) is 0 Å². The molecule has 1 amide bonds. The van der Waals surface area contributed by atoms with Crippen LogP contribution in [0.25, 0.3) is 0 Å². The van der Waals surface area contributed by atoms with Gasteiger partial charge in [0.25, 0.3) is 0 Å². The van der Waals surface area contributed by atoms with Crippen LogP contribution in [-0.2, 0) is 4.74 Å². The van der Waals surface area contributed by atoms with E-state index < -0.39 is 17.7 Å². The molecule has 0 saturated heterocycles. The zero-order valence-corrected chi connectivity index (χ0v) is 13.2. The number of amides is 1. The van der Waals surface area contributed by atoms with Crippen molar-refractivity contribution in [3.05, 3.63) is 23.8 Å². The number of ether oxygens (including phenoxy) is 3. The molecule has 1 rings (SSSR count). The molecule has 0 unspecified atom stereocenters. The van der Waals surface area contributed by atoms with E-state index in [0.29, 0.717) is 17.1 Å². The van der Waals surface area contributed by atoms with Crippen LogP contribution in [0.2, 0.25) is 0 Å². The molecule has 0 saturated carbocycles. The molecule has 0 fully saturated rings. The van der Waals surface area contributed by atoms with Gasteiger partial charge in [-0.05, 0) is 32.9 Å². The van der Waals surface area contributed by atoms with Gasteiger partial charge in [-0.15, -0.1) is 0 Å². The van der Waals surface area contributed by atoms with E-state index in [1.54, 1.807) is 47.1 Å². The average Bonchev–Trinajstić information content (AvgIpc) is 2.41. The lowest BCUT2D eigenvalue weighted by molar-refractivity contribution is 0.0524. The summed E-state index contributed by atoms with van der Waals surface area (Å²) >= 11 is 0. The fourth-order valence-corrected chi connectivity index (χ4v) is 1.85. The number of carbonyl (C=O) groups is 1. The number of nitrogens with one attached hydrogen (secondary N) is 1. The zero-order valence-electron chi connectivity index (χ0n) is 13.2. The van der Waals surface area contributed by atoms with E-state index in [0.717, 1.165) is 0 Å². The van der Waals surface area contributed by atoms with Crippen molar-refractivity contribution in [1.82, 2.24) is 5.32 Å². The Labute approximate surface area is 125 Å². The summed E-state index contributed by atoms with van der Waals surface area (Å²) in [6, 6.07) is 4.94. The fraction of sp³-hybridized carbons (Fsp3) is 0.533. The van der Waals surface area contributed by atoms with Gasteiger partial charge < -0.3 is 25.3 Å². The van der Waals surface area contributed by atoms with Gasteiger partial charge in [0.2, 0.25) is 0 Å². The SMILES string of the molecule is COc1cccc(OC)c1[C@@H](N)CNC(=O)OC(C)(C)C. The lowest BCUT2D eigenvalue weighted by atomic mass is 10.1. The Morgan fingerprint density at radius 2 is 1.76 bits per heavy atom. The summed E-state index contributed by atoms with van der Waals surface area (Å²) in [6.07, 6.45) is -0.508. The Morgan fingerprint density at radius 1 is 1.24 bits per heavy atom. The van der Waals surface area contributed by atoms with E-state index in [-0.39, 0.29) is 6.54 Å². The van der Waals surface area contributed by atoms with Gasteiger partial charge in [-0.2, -0.15) is 0 Å². The molecule has 6 nitrogen and oxygen atoms in total. The second-order valence-electron chi connectivity index (χ2n) is 5.57.